The number of fused-ring (bicyclic) bond motifs is 1. The first-order chi connectivity index (χ1) is 9.74. The molecule has 0 radical (unpaired) electrons. The van der Waals surface area contributed by atoms with Crippen LogP contribution in [0.3, 0.4) is 0 Å². The van der Waals surface area contributed by atoms with Crippen molar-refractivity contribution >= 4 is 11.6 Å². The maximum atomic E-state index is 12.1. The topological polar surface area (TPSA) is 55.1 Å². The van der Waals surface area contributed by atoms with Crippen molar-refractivity contribution in [2.75, 3.05) is 12.3 Å². The highest BCUT2D eigenvalue weighted by molar-refractivity contribution is 5.86. The second kappa shape index (κ2) is 5.37. The summed E-state index contributed by atoms with van der Waals surface area (Å²) in [5.41, 5.74) is 10.1. The van der Waals surface area contributed by atoms with E-state index in [9.17, 15) is 4.79 Å². The fourth-order valence-electron chi connectivity index (χ4n) is 2.63. The van der Waals surface area contributed by atoms with Crippen LogP contribution in [0.2, 0.25) is 0 Å². The Labute approximate surface area is 118 Å². The average Bonchev–Trinajstić information content (AvgIpc) is 2.42. The molecule has 0 aromatic heterocycles. The minimum Gasteiger partial charge on any atom is -0.399 e. The number of hydrogen-bond acceptors (Lipinski definition) is 2. The molecule has 2 aromatic rings. The molecule has 0 saturated heterocycles. The molecular formula is C17H18N2O. The number of nitrogens with one attached hydrogen (secondary N) is 1. The summed E-state index contributed by atoms with van der Waals surface area (Å²) < 4.78 is 0. The van der Waals surface area contributed by atoms with E-state index in [-0.39, 0.29) is 11.8 Å². The normalized spacial score (nSPS) is 16.1. The molecule has 20 heavy (non-hydrogen) atoms. The quantitative estimate of drug-likeness (QED) is 0.834. The molecule has 3 N–H and O–H groups in total. The van der Waals surface area contributed by atoms with Crippen LogP contribution >= 0.6 is 0 Å². The molecule has 1 aliphatic rings. The predicted molar refractivity (Wildman–Crippen MR) is 80.5 cm³/mol. The van der Waals surface area contributed by atoms with Gasteiger partial charge in [-0.2, -0.15) is 0 Å². The summed E-state index contributed by atoms with van der Waals surface area (Å²) in [5.74, 6) is 0.178. The van der Waals surface area contributed by atoms with E-state index in [1.165, 1.54) is 16.7 Å². The third-order valence-electron chi connectivity index (χ3n) is 3.86. The number of nitrogens with two attached hydrogens (primary N) is 1. The highest BCUT2D eigenvalue weighted by atomic mass is 16.1. The van der Waals surface area contributed by atoms with E-state index in [1.807, 2.05) is 42.5 Å². The van der Waals surface area contributed by atoms with Gasteiger partial charge in [0.2, 0.25) is 5.91 Å². The lowest BCUT2D eigenvalue weighted by atomic mass is 9.77. The maximum absolute atomic E-state index is 12.1. The molecule has 2 aromatic carbocycles. The van der Waals surface area contributed by atoms with Crippen LogP contribution in [-0.4, -0.2) is 12.5 Å². The van der Waals surface area contributed by atoms with Crippen molar-refractivity contribution in [1.29, 1.82) is 0 Å². The Morgan fingerprint density at radius 3 is 2.65 bits per heavy atom. The minimum absolute atomic E-state index is 0.0395. The van der Waals surface area contributed by atoms with E-state index in [4.69, 9.17) is 5.73 Å². The molecule has 0 aliphatic heterocycles. The zero-order valence-electron chi connectivity index (χ0n) is 11.3. The highest BCUT2D eigenvalue weighted by Gasteiger charge is 2.31. The maximum Gasteiger partial charge on any atom is 0.227 e. The van der Waals surface area contributed by atoms with E-state index in [2.05, 4.69) is 11.4 Å². The molecule has 0 fully saturated rings. The van der Waals surface area contributed by atoms with Crippen molar-refractivity contribution in [3.63, 3.8) is 0 Å². The molecule has 1 amide bonds. The molecule has 0 saturated carbocycles. The van der Waals surface area contributed by atoms with Crippen LogP contribution in [0, 0.1) is 0 Å². The summed E-state index contributed by atoms with van der Waals surface area (Å²) in [6.45, 7) is 0.668. The zero-order chi connectivity index (χ0) is 13.9. The van der Waals surface area contributed by atoms with E-state index in [1.54, 1.807) is 0 Å². The van der Waals surface area contributed by atoms with Gasteiger partial charge in [-0.3, -0.25) is 4.79 Å². The Hall–Kier alpha value is -2.29. The summed E-state index contributed by atoms with van der Waals surface area (Å²) >= 11 is 0. The largest absolute Gasteiger partial charge is 0.399 e. The summed E-state index contributed by atoms with van der Waals surface area (Å²) in [5, 5.41) is 3.02. The van der Waals surface area contributed by atoms with Gasteiger partial charge >= 0.3 is 0 Å². The molecule has 3 heteroatoms. The molecule has 0 bridgehead atoms. The van der Waals surface area contributed by atoms with Gasteiger partial charge in [-0.05, 0) is 41.7 Å². The second-order valence-electron chi connectivity index (χ2n) is 5.24. The van der Waals surface area contributed by atoms with Crippen LogP contribution in [0.25, 0.3) is 0 Å². The molecule has 1 atom stereocenters. The molecule has 3 rings (SSSR count). The third kappa shape index (κ3) is 2.52. The van der Waals surface area contributed by atoms with Crippen LogP contribution in [0.1, 0.15) is 22.6 Å². The Morgan fingerprint density at radius 2 is 1.90 bits per heavy atom. The monoisotopic (exact) mass is 266 g/mol. The molecule has 0 spiro atoms. The van der Waals surface area contributed by atoms with E-state index in [0.717, 1.165) is 18.5 Å². The van der Waals surface area contributed by atoms with E-state index >= 15 is 0 Å². The molecular weight excluding hydrogens is 248 g/mol. The third-order valence-corrected chi connectivity index (χ3v) is 3.86. The highest BCUT2D eigenvalue weighted by Crippen LogP contribution is 2.34. The molecule has 3 nitrogen and oxygen atoms in total. The fraction of sp³-hybridized carbons (Fsp3) is 0.235. The Bertz CT molecular complexity index is 619. The Morgan fingerprint density at radius 1 is 1.15 bits per heavy atom. The van der Waals surface area contributed by atoms with Gasteiger partial charge in [-0.25, -0.2) is 0 Å². The lowest BCUT2D eigenvalue weighted by Gasteiger charge is -2.28. The predicted octanol–water partition coefficient (Wildman–Crippen LogP) is 2.27. The van der Waals surface area contributed by atoms with Gasteiger partial charge in [0.15, 0.2) is 0 Å². The first-order valence-electron chi connectivity index (χ1n) is 6.94. The summed E-state index contributed by atoms with van der Waals surface area (Å²) in [4.78, 5) is 12.1. The van der Waals surface area contributed by atoms with Crippen LogP contribution in [0.4, 0.5) is 5.69 Å². The Balaban J connectivity index is 1.50. The van der Waals surface area contributed by atoms with Crippen molar-refractivity contribution in [1.82, 2.24) is 5.32 Å². The number of amides is 1. The summed E-state index contributed by atoms with van der Waals surface area (Å²) in [6, 6.07) is 15.9. The molecule has 1 unspecified atom stereocenters. The second-order valence-corrected chi connectivity index (χ2v) is 5.24. The summed E-state index contributed by atoms with van der Waals surface area (Å²) in [7, 11) is 0. The standard InChI is InChI=1S/C17H18N2O/c18-14-7-5-12(6-8-14)9-10-19-17(20)16-11-13-3-1-2-4-15(13)16/h1-8,16H,9-11,18H2,(H,19,20). The zero-order valence-corrected chi connectivity index (χ0v) is 11.3. The molecule has 0 heterocycles. The van der Waals surface area contributed by atoms with Crippen molar-refractivity contribution in [2.24, 2.45) is 0 Å². The fourth-order valence-corrected chi connectivity index (χ4v) is 2.63. The van der Waals surface area contributed by atoms with Crippen molar-refractivity contribution < 1.29 is 4.79 Å². The number of carbonyl (C=O) groups excluding carboxylic acids is 1. The lowest BCUT2D eigenvalue weighted by Crippen LogP contribution is -2.36. The van der Waals surface area contributed by atoms with Gasteiger partial charge in [-0.15, -0.1) is 0 Å². The number of anilines is 1. The summed E-state index contributed by atoms with van der Waals surface area (Å²) in [6.07, 6.45) is 1.70. The molecule has 1 aliphatic carbocycles. The minimum atomic E-state index is 0.0395. The van der Waals surface area contributed by atoms with Crippen molar-refractivity contribution in [2.45, 2.75) is 18.8 Å². The van der Waals surface area contributed by atoms with Crippen LogP contribution in [0.5, 0.6) is 0 Å². The van der Waals surface area contributed by atoms with Gasteiger partial charge in [0, 0.05) is 12.2 Å². The van der Waals surface area contributed by atoms with E-state index in [0.29, 0.717) is 6.54 Å². The van der Waals surface area contributed by atoms with Gasteiger partial charge in [0.25, 0.3) is 0 Å². The Kier molecular flexibility index (Phi) is 3.42. The van der Waals surface area contributed by atoms with Gasteiger partial charge in [0.05, 0.1) is 5.92 Å². The average molecular weight is 266 g/mol. The first kappa shape index (κ1) is 12.7. The number of benzene rings is 2. The number of nitrogen functional groups attached to an aromatic ring is 1. The smallest absolute Gasteiger partial charge is 0.227 e. The van der Waals surface area contributed by atoms with Gasteiger partial charge in [-0.1, -0.05) is 36.4 Å². The number of hydrogen-bond donors (Lipinski definition) is 2. The van der Waals surface area contributed by atoms with Crippen molar-refractivity contribution in [3.05, 3.63) is 65.2 Å². The first-order valence-corrected chi connectivity index (χ1v) is 6.94. The number of rotatable bonds is 4. The van der Waals surface area contributed by atoms with Crippen molar-refractivity contribution in [3.8, 4) is 0 Å². The van der Waals surface area contributed by atoms with Crippen LogP contribution in [-0.2, 0) is 17.6 Å². The van der Waals surface area contributed by atoms with Gasteiger partial charge < -0.3 is 11.1 Å². The van der Waals surface area contributed by atoms with Crippen LogP contribution < -0.4 is 11.1 Å². The SMILES string of the molecule is Nc1ccc(CCNC(=O)C2Cc3ccccc32)cc1. The molecule has 102 valence electrons. The lowest BCUT2D eigenvalue weighted by molar-refractivity contribution is -0.123. The van der Waals surface area contributed by atoms with Gasteiger partial charge in [0.1, 0.15) is 0 Å². The van der Waals surface area contributed by atoms with Crippen LogP contribution in [0.15, 0.2) is 48.5 Å². The van der Waals surface area contributed by atoms with E-state index < -0.39 is 0 Å². The number of carbonyl (C=O) groups is 1.